The predicted molar refractivity (Wildman–Crippen MR) is 64.6 cm³/mol. The van der Waals surface area contributed by atoms with Gasteiger partial charge in [-0.3, -0.25) is 0 Å². The summed E-state index contributed by atoms with van der Waals surface area (Å²) in [6.45, 7) is 1.83. The monoisotopic (exact) mass is 299 g/mol. The topological polar surface area (TPSA) is 69.6 Å². The minimum absolute atomic E-state index is 0.506. The van der Waals surface area contributed by atoms with E-state index in [1.54, 1.807) is 11.8 Å². The second-order valence-corrected chi connectivity index (χ2v) is 5.01. The molecule has 2 atom stereocenters. The molecule has 0 rings (SSSR count). The number of aliphatic hydroxyl groups excluding tert-OH is 1. The van der Waals surface area contributed by atoms with E-state index in [2.05, 4.69) is 20.9 Å². The van der Waals surface area contributed by atoms with Crippen LogP contribution in [0.3, 0.4) is 0 Å². The van der Waals surface area contributed by atoms with Crippen LogP contribution in [-0.2, 0) is 4.79 Å². The molecular formula is C9H17NO3SSe. The molecule has 0 fully saturated rings. The first-order chi connectivity index (χ1) is 7.02. The summed E-state index contributed by atoms with van der Waals surface area (Å²) in [5.41, 5.74) is 0. The van der Waals surface area contributed by atoms with Crippen LogP contribution in [0.15, 0.2) is 0 Å². The number of carboxylic acids is 1. The normalized spacial score (nSPS) is 14.3. The molecule has 88 valence electrons. The van der Waals surface area contributed by atoms with Crippen molar-refractivity contribution in [2.45, 2.75) is 31.9 Å². The summed E-state index contributed by atoms with van der Waals surface area (Å²) in [4.78, 5) is 10.9. The SMILES string of the molecule is CC[C@H](O)C(=[Se])N[C@@H](CCSC)C(=O)O. The van der Waals surface area contributed by atoms with Gasteiger partial charge in [0.15, 0.2) is 0 Å². The summed E-state index contributed by atoms with van der Waals surface area (Å²) in [7, 11) is 0. The summed E-state index contributed by atoms with van der Waals surface area (Å²) >= 11 is 4.28. The summed E-state index contributed by atoms with van der Waals surface area (Å²) in [5.74, 6) is -0.112. The Morgan fingerprint density at radius 3 is 2.60 bits per heavy atom. The number of hydrogen-bond donors (Lipinski definition) is 3. The van der Waals surface area contributed by atoms with Crippen molar-refractivity contribution in [3.05, 3.63) is 0 Å². The van der Waals surface area contributed by atoms with Crippen LogP contribution >= 0.6 is 11.8 Å². The second kappa shape index (κ2) is 8.16. The van der Waals surface area contributed by atoms with Gasteiger partial charge in [-0.25, -0.2) is 0 Å². The van der Waals surface area contributed by atoms with Crippen LogP contribution in [0.4, 0.5) is 0 Å². The maximum absolute atomic E-state index is 10.9. The fourth-order valence-electron chi connectivity index (χ4n) is 0.946. The van der Waals surface area contributed by atoms with E-state index in [1.807, 2.05) is 13.2 Å². The molecule has 0 unspecified atom stereocenters. The van der Waals surface area contributed by atoms with Gasteiger partial charge in [0, 0.05) is 0 Å². The van der Waals surface area contributed by atoms with Gasteiger partial charge in [0.1, 0.15) is 0 Å². The molecule has 0 saturated carbocycles. The zero-order chi connectivity index (χ0) is 11.8. The molecule has 0 aliphatic rings. The van der Waals surface area contributed by atoms with E-state index in [-0.39, 0.29) is 0 Å². The Balaban J connectivity index is 4.16. The minimum atomic E-state index is -0.889. The molecule has 15 heavy (non-hydrogen) atoms. The molecule has 0 aliphatic heterocycles. The van der Waals surface area contributed by atoms with Crippen molar-refractivity contribution < 1.29 is 15.0 Å². The van der Waals surface area contributed by atoms with Gasteiger partial charge in [-0.05, 0) is 0 Å². The average Bonchev–Trinajstić information content (AvgIpc) is 2.22. The Morgan fingerprint density at radius 1 is 1.60 bits per heavy atom. The standard InChI is InChI=1S/C9H17NO3SSe/c1-3-7(11)8(15)10-6(9(12)13)4-5-14-2/h6-7,11H,3-5H2,1-2H3,(H,10,15)(H,12,13)/t6-,7-/m0/s1. The predicted octanol–water partition coefficient (Wildman–Crippen LogP) is -0.148. The Kier molecular flexibility index (Phi) is 8.14. The van der Waals surface area contributed by atoms with Gasteiger partial charge in [0.2, 0.25) is 0 Å². The van der Waals surface area contributed by atoms with Gasteiger partial charge < -0.3 is 0 Å². The number of aliphatic carboxylic acids is 1. The van der Waals surface area contributed by atoms with Gasteiger partial charge in [-0.15, -0.1) is 0 Å². The van der Waals surface area contributed by atoms with Crippen molar-refractivity contribution in [2.75, 3.05) is 12.0 Å². The molecule has 0 heterocycles. The van der Waals surface area contributed by atoms with Crippen LogP contribution in [0, 0.1) is 0 Å². The van der Waals surface area contributed by atoms with Gasteiger partial charge in [0.05, 0.1) is 0 Å². The molecule has 0 aliphatic carbocycles. The van der Waals surface area contributed by atoms with Crippen molar-refractivity contribution >= 4 is 37.8 Å². The van der Waals surface area contributed by atoms with E-state index in [0.717, 1.165) is 5.75 Å². The molecule has 3 N–H and O–H groups in total. The second-order valence-electron chi connectivity index (χ2n) is 3.10. The quantitative estimate of drug-likeness (QED) is 0.544. The first-order valence-electron chi connectivity index (χ1n) is 4.73. The fourth-order valence-corrected chi connectivity index (χ4v) is 2.07. The maximum atomic E-state index is 10.9. The van der Waals surface area contributed by atoms with E-state index in [1.165, 1.54) is 0 Å². The molecule has 0 bridgehead atoms. The van der Waals surface area contributed by atoms with Crippen molar-refractivity contribution in [1.82, 2.24) is 5.32 Å². The van der Waals surface area contributed by atoms with Crippen LogP contribution in [0.1, 0.15) is 19.8 Å². The first-order valence-corrected chi connectivity index (χ1v) is 6.98. The number of carbonyl (C=O) groups is 1. The molecular weight excluding hydrogens is 281 g/mol. The fraction of sp³-hybridized carbons (Fsp3) is 0.778. The number of thioether (sulfide) groups is 1. The average molecular weight is 298 g/mol. The zero-order valence-corrected chi connectivity index (χ0v) is 11.4. The molecule has 0 aromatic carbocycles. The molecule has 0 amide bonds. The molecule has 4 nitrogen and oxygen atoms in total. The molecule has 0 aromatic heterocycles. The first kappa shape index (κ1) is 15.0. The number of rotatable bonds is 8. The van der Waals surface area contributed by atoms with Crippen LogP contribution in [0.5, 0.6) is 0 Å². The van der Waals surface area contributed by atoms with Crippen molar-refractivity contribution in [3.8, 4) is 0 Å². The molecule has 0 saturated heterocycles. The number of aliphatic hydroxyl groups is 1. The number of carboxylic acid groups (broad SMARTS) is 1. The summed E-state index contributed by atoms with van der Waals surface area (Å²) in [6, 6.07) is -0.630. The third-order valence-corrected chi connectivity index (χ3v) is 3.38. The van der Waals surface area contributed by atoms with Crippen molar-refractivity contribution in [1.29, 1.82) is 0 Å². The van der Waals surface area contributed by atoms with Crippen molar-refractivity contribution in [3.63, 3.8) is 0 Å². The van der Waals surface area contributed by atoms with Crippen LogP contribution in [-0.4, -0.2) is 60.5 Å². The third-order valence-electron chi connectivity index (χ3n) is 1.91. The summed E-state index contributed by atoms with van der Waals surface area (Å²) in [5, 5.41) is 21.2. The molecule has 0 radical (unpaired) electrons. The van der Waals surface area contributed by atoms with E-state index in [9.17, 15) is 9.90 Å². The van der Waals surface area contributed by atoms with Gasteiger partial charge >= 0.3 is 102 Å². The van der Waals surface area contributed by atoms with Gasteiger partial charge in [0.25, 0.3) is 0 Å². The Labute approximate surface area is 102 Å². The van der Waals surface area contributed by atoms with Gasteiger partial charge in [-0.1, -0.05) is 0 Å². The Morgan fingerprint density at radius 2 is 2.20 bits per heavy atom. The van der Waals surface area contributed by atoms with E-state index < -0.39 is 18.1 Å². The van der Waals surface area contributed by atoms with E-state index in [0.29, 0.717) is 17.4 Å². The van der Waals surface area contributed by atoms with Crippen LogP contribution in [0.25, 0.3) is 0 Å². The van der Waals surface area contributed by atoms with E-state index >= 15 is 0 Å². The zero-order valence-electron chi connectivity index (χ0n) is 8.90. The summed E-state index contributed by atoms with van der Waals surface area (Å²) < 4.78 is 0.506. The van der Waals surface area contributed by atoms with E-state index in [4.69, 9.17) is 5.11 Å². The van der Waals surface area contributed by atoms with Gasteiger partial charge in [-0.2, -0.15) is 0 Å². The molecule has 0 aromatic rings. The Bertz CT molecular complexity index is 225. The third kappa shape index (κ3) is 6.20. The van der Waals surface area contributed by atoms with Crippen molar-refractivity contribution in [2.24, 2.45) is 0 Å². The Hall–Kier alpha value is -0.0305. The molecule has 6 heteroatoms. The number of nitrogens with one attached hydrogen (secondary N) is 1. The summed E-state index contributed by atoms with van der Waals surface area (Å²) in [6.07, 6.45) is 2.41. The molecule has 0 spiro atoms. The van der Waals surface area contributed by atoms with Crippen LogP contribution < -0.4 is 5.32 Å². The number of hydrogen-bond acceptors (Lipinski definition) is 4. The van der Waals surface area contributed by atoms with Crippen LogP contribution in [0.2, 0.25) is 0 Å².